The number of benzene rings is 2. The lowest BCUT2D eigenvalue weighted by Gasteiger charge is -2.37. The molecule has 2 aliphatic rings. The molecule has 0 saturated heterocycles. The number of rotatable bonds is 4. The number of hydrogen-bond acceptors (Lipinski definition) is 8. The quantitative estimate of drug-likeness (QED) is 0.373. The monoisotopic (exact) mass is 507 g/mol. The molecule has 0 amide bonds. The van der Waals surface area contributed by atoms with Gasteiger partial charge in [0.05, 0.1) is 32.6 Å². The summed E-state index contributed by atoms with van der Waals surface area (Å²) in [6, 6.07) is 12.1. The number of Topliss-reactive ketones (excluding diaryl/α,β-unsaturated/α-hetero) is 2. The third-order valence-electron chi connectivity index (χ3n) is 6.75. The first-order valence-corrected chi connectivity index (χ1v) is 11.6. The van der Waals surface area contributed by atoms with Gasteiger partial charge in [0.1, 0.15) is 27.8 Å². The van der Waals surface area contributed by atoms with E-state index in [1.165, 1.54) is 33.5 Å². The van der Waals surface area contributed by atoms with Gasteiger partial charge in [-0.3, -0.25) is 9.59 Å². The first-order chi connectivity index (χ1) is 17.3. The SMILES string of the molecule is COC(=O)c1cc(-c2ccccc2)c2c(n1)C[C@H](C)[C@]1(Oc3c(Cl)c(OC)cc(OC)c3C1=O)C2=O. The van der Waals surface area contributed by atoms with E-state index in [9.17, 15) is 14.4 Å². The highest BCUT2D eigenvalue weighted by molar-refractivity contribution is 6.36. The number of hydrogen-bond donors (Lipinski definition) is 0. The first kappa shape index (κ1) is 23.8. The van der Waals surface area contributed by atoms with Crippen molar-refractivity contribution in [3.8, 4) is 28.4 Å². The second-order valence-electron chi connectivity index (χ2n) is 8.63. The standard InChI is InChI=1S/C27H22ClNO7/c1-13-10-16-20(15(14-8-6-5-7-9-14)11-17(29-16)26(32)35-4)24(30)27(13)25(31)21-18(33-2)12-19(34-3)22(28)23(21)36-27/h5-9,11-13H,10H2,1-4H3/t13-,27-/m0/s1. The largest absolute Gasteiger partial charge is 0.496 e. The van der Waals surface area contributed by atoms with Gasteiger partial charge in [-0.25, -0.2) is 9.78 Å². The first-order valence-electron chi connectivity index (χ1n) is 11.2. The Morgan fingerprint density at radius 2 is 1.69 bits per heavy atom. The molecule has 36 heavy (non-hydrogen) atoms. The molecule has 1 aliphatic heterocycles. The number of pyridine rings is 1. The van der Waals surface area contributed by atoms with Crippen LogP contribution in [0.1, 0.15) is 43.8 Å². The molecule has 1 aromatic heterocycles. The van der Waals surface area contributed by atoms with Gasteiger partial charge in [0.2, 0.25) is 17.2 Å². The van der Waals surface area contributed by atoms with Gasteiger partial charge in [-0.15, -0.1) is 0 Å². The van der Waals surface area contributed by atoms with Crippen molar-refractivity contribution in [2.24, 2.45) is 5.92 Å². The van der Waals surface area contributed by atoms with E-state index in [0.717, 1.165) is 0 Å². The summed E-state index contributed by atoms with van der Waals surface area (Å²) in [7, 11) is 4.11. The van der Waals surface area contributed by atoms with Crippen LogP contribution in [0.2, 0.25) is 5.02 Å². The van der Waals surface area contributed by atoms with Gasteiger partial charge in [-0.05, 0) is 23.6 Å². The lowest BCUT2D eigenvalue weighted by atomic mass is 9.69. The fourth-order valence-corrected chi connectivity index (χ4v) is 5.24. The molecule has 0 fully saturated rings. The average Bonchev–Trinajstić information content (AvgIpc) is 3.21. The second-order valence-corrected chi connectivity index (χ2v) is 9.01. The fraction of sp³-hybridized carbons (Fsp3) is 0.259. The minimum atomic E-state index is -1.88. The van der Waals surface area contributed by atoms with Crippen molar-refractivity contribution in [1.82, 2.24) is 4.98 Å². The predicted octanol–water partition coefficient (Wildman–Crippen LogP) is 4.59. The highest BCUT2D eigenvalue weighted by Crippen LogP contribution is 2.54. The maximum Gasteiger partial charge on any atom is 0.356 e. The third-order valence-corrected chi connectivity index (χ3v) is 7.11. The van der Waals surface area contributed by atoms with Crippen molar-refractivity contribution in [2.75, 3.05) is 21.3 Å². The van der Waals surface area contributed by atoms with Gasteiger partial charge in [0, 0.05) is 12.0 Å². The summed E-state index contributed by atoms with van der Waals surface area (Å²) in [4.78, 5) is 45.1. The van der Waals surface area contributed by atoms with E-state index in [-0.39, 0.29) is 45.5 Å². The topological polar surface area (TPSA) is 101 Å². The van der Waals surface area contributed by atoms with Crippen LogP contribution >= 0.6 is 11.6 Å². The summed E-state index contributed by atoms with van der Waals surface area (Å²) in [6.45, 7) is 1.73. The molecule has 1 aliphatic carbocycles. The van der Waals surface area contributed by atoms with E-state index < -0.39 is 29.1 Å². The van der Waals surface area contributed by atoms with E-state index in [2.05, 4.69) is 4.98 Å². The Hall–Kier alpha value is -3.91. The molecule has 2 aromatic carbocycles. The smallest absolute Gasteiger partial charge is 0.356 e. The number of nitrogens with zero attached hydrogens (tertiary/aromatic N) is 1. The van der Waals surface area contributed by atoms with E-state index in [1.807, 2.05) is 30.3 Å². The number of carbonyl (C=O) groups is 3. The lowest BCUT2D eigenvalue weighted by Crippen LogP contribution is -2.57. The number of halogens is 1. The molecular formula is C27H22ClNO7. The van der Waals surface area contributed by atoms with Crippen molar-refractivity contribution in [2.45, 2.75) is 18.9 Å². The van der Waals surface area contributed by atoms with Crippen molar-refractivity contribution in [1.29, 1.82) is 0 Å². The Kier molecular flexibility index (Phi) is 5.71. The molecule has 0 saturated carbocycles. The van der Waals surface area contributed by atoms with Crippen molar-refractivity contribution < 1.29 is 33.3 Å². The zero-order valence-electron chi connectivity index (χ0n) is 20.0. The molecule has 0 unspecified atom stereocenters. The number of fused-ring (bicyclic) bond motifs is 2. The Morgan fingerprint density at radius 1 is 1.03 bits per heavy atom. The predicted molar refractivity (Wildman–Crippen MR) is 130 cm³/mol. The van der Waals surface area contributed by atoms with Gasteiger partial charge in [0.15, 0.2) is 5.75 Å². The Labute approximate surface area is 212 Å². The number of aromatic nitrogens is 1. The molecule has 9 heteroatoms. The molecule has 8 nitrogen and oxygen atoms in total. The zero-order chi connectivity index (χ0) is 25.8. The molecule has 5 rings (SSSR count). The maximum atomic E-state index is 14.3. The van der Waals surface area contributed by atoms with Crippen LogP contribution in [0.25, 0.3) is 11.1 Å². The van der Waals surface area contributed by atoms with E-state index in [0.29, 0.717) is 16.8 Å². The number of carbonyl (C=O) groups excluding carboxylic acids is 3. The normalized spacial score (nSPS) is 20.0. The molecule has 0 bridgehead atoms. The van der Waals surface area contributed by atoms with Crippen LogP contribution in [0.15, 0.2) is 42.5 Å². The molecular weight excluding hydrogens is 486 g/mol. The van der Waals surface area contributed by atoms with Crippen LogP contribution < -0.4 is 14.2 Å². The molecule has 184 valence electrons. The maximum absolute atomic E-state index is 14.3. The molecule has 2 heterocycles. The van der Waals surface area contributed by atoms with E-state index >= 15 is 0 Å². The van der Waals surface area contributed by atoms with Crippen LogP contribution in [0, 0.1) is 5.92 Å². The van der Waals surface area contributed by atoms with E-state index in [4.69, 9.17) is 30.5 Å². The fourth-order valence-electron chi connectivity index (χ4n) is 4.97. The summed E-state index contributed by atoms with van der Waals surface area (Å²) in [5.41, 5.74) is 0.0316. The molecule has 1 spiro atoms. The minimum Gasteiger partial charge on any atom is -0.496 e. The Balaban J connectivity index is 1.75. The Morgan fingerprint density at radius 3 is 2.33 bits per heavy atom. The summed E-state index contributed by atoms with van der Waals surface area (Å²) in [5, 5.41) is 0.0757. The summed E-state index contributed by atoms with van der Waals surface area (Å²) in [5.74, 6) is -1.87. The molecule has 0 radical (unpaired) electrons. The van der Waals surface area contributed by atoms with Crippen LogP contribution in [-0.2, 0) is 11.2 Å². The summed E-state index contributed by atoms with van der Waals surface area (Å²) in [6.07, 6.45) is 0.197. The lowest BCUT2D eigenvalue weighted by molar-refractivity contribution is 0.0256. The molecule has 2 atom stereocenters. The Bertz CT molecular complexity index is 1440. The second kappa shape index (κ2) is 8.64. The van der Waals surface area contributed by atoms with Crippen molar-refractivity contribution in [3.05, 3.63) is 70.0 Å². The van der Waals surface area contributed by atoms with Crippen molar-refractivity contribution >= 4 is 29.1 Å². The third kappa shape index (κ3) is 3.21. The minimum absolute atomic E-state index is 0.0434. The number of ketones is 2. The van der Waals surface area contributed by atoms with Gasteiger partial charge in [-0.2, -0.15) is 0 Å². The van der Waals surface area contributed by atoms with Crippen molar-refractivity contribution in [3.63, 3.8) is 0 Å². The van der Waals surface area contributed by atoms with Gasteiger partial charge in [-0.1, -0.05) is 48.9 Å². The summed E-state index contributed by atoms with van der Waals surface area (Å²) < 4.78 is 21.9. The summed E-state index contributed by atoms with van der Waals surface area (Å²) >= 11 is 6.51. The molecule has 3 aromatic rings. The van der Waals surface area contributed by atoms with Gasteiger partial charge in [0.25, 0.3) is 0 Å². The average molecular weight is 508 g/mol. The number of esters is 1. The van der Waals surface area contributed by atoms with E-state index in [1.54, 1.807) is 6.92 Å². The molecule has 0 N–H and O–H groups in total. The van der Waals surface area contributed by atoms with Crippen LogP contribution in [0.5, 0.6) is 17.2 Å². The van der Waals surface area contributed by atoms with Crippen LogP contribution in [0.4, 0.5) is 0 Å². The zero-order valence-corrected chi connectivity index (χ0v) is 20.8. The highest BCUT2D eigenvalue weighted by Gasteiger charge is 2.62. The number of methoxy groups -OCH3 is 3. The van der Waals surface area contributed by atoms with Gasteiger partial charge >= 0.3 is 5.97 Å². The van der Waals surface area contributed by atoms with Crippen LogP contribution in [-0.4, -0.2) is 49.5 Å². The van der Waals surface area contributed by atoms with Gasteiger partial charge < -0.3 is 18.9 Å². The van der Waals surface area contributed by atoms with Crippen LogP contribution in [0.3, 0.4) is 0 Å². The highest BCUT2D eigenvalue weighted by atomic mass is 35.5. The number of ether oxygens (including phenoxy) is 4.